The van der Waals surface area contributed by atoms with Crippen molar-refractivity contribution in [2.75, 3.05) is 0 Å². The lowest BCUT2D eigenvalue weighted by Crippen LogP contribution is -2.26. The average molecular weight is 293 g/mol. The summed E-state index contributed by atoms with van der Waals surface area (Å²) in [7, 11) is 0. The van der Waals surface area contributed by atoms with Crippen LogP contribution in [0, 0.1) is 11.6 Å². The van der Waals surface area contributed by atoms with Gasteiger partial charge in [-0.2, -0.15) is 4.98 Å². The van der Waals surface area contributed by atoms with Crippen molar-refractivity contribution in [3.8, 4) is 0 Å². The summed E-state index contributed by atoms with van der Waals surface area (Å²) in [5.41, 5.74) is 6.30. The van der Waals surface area contributed by atoms with Crippen LogP contribution in [0.25, 0.3) is 0 Å². The van der Waals surface area contributed by atoms with Gasteiger partial charge in [-0.3, -0.25) is 0 Å². The number of aromatic nitrogens is 2. The predicted molar refractivity (Wildman–Crippen MR) is 72.6 cm³/mol. The van der Waals surface area contributed by atoms with Crippen molar-refractivity contribution in [2.45, 2.75) is 44.1 Å². The van der Waals surface area contributed by atoms with Crippen LogP contribution in [-0.2, 0) is 6.42 Å². The van der Waals surface area contributed by atoms with E-state index in [0.29, 0.717) is 17.3 Å². The van der Waals surface area contributed by atoms with E-state index >= 15 is 0 Å². The molecule has 6 heteroatoms. The van der Waals surface area contributed by atoms with Gasteiger partial charge in [-0.05, 0) is 30.9 Å². The van der Waals surface area contributed by atoms with Crippen LogP contribution in [0.5, 0.6) is 0 Å². The molecule has 112 valence electrons. The standard InChI is InChI=1S/C15H17F2N3O/c16-11-5-4-9(13(17)8-11)7-14-19-15(21-20-14)10-2-1-3-12(18)6-10/h4-5,8,10,12H,1-3,6-7,18H2. The summed E-state index contributed by atoms with van der Waals surface area (Å²) >= 11 is 0. The van der Waals surface area contributed by atoms with Crippen LogP contribution in [0.15, 0.2) is 22.7 Å². The summed E-state index contributed by atoms with van der Waals surface area (Å²) in [4.78, 5) is 4.33. The monoisotopic (exact) mass is 293 g/mol. The first-order valence-corrected chi connectivity index (χ1v) is 7.14. The van der Waals surface area contributed by atoms with E-state index in [1.807, 2.05) is 0 Å². The van der Waals surface area contributed by atoms with E-state index in [4.69, 9.17) is 10.3 Å². The van der Waals surface area contributed by atoms with Gasteiger partial charge in [0.2, 0.25) is 5.89 Å². The Morgan fingerprint density at radius 2 is 2.14 bits per heavy atom. The minimum Gasteiger partial charge on any atom is -0.339 e. The normalized spacial score (nSPS) is 22.4. The zero-order chi connectivity index (χ0) is 14.8. The molecule has 1 aromatic heterocycles. The quantitative estimate of drug-likeness (QED) is 0.945. The zero-order valence-electron chi connectivity index (χ0n) is 11.6. The highest BCUT2D eigenvalue weighted by atomic mass is 19.1. The highest BCUT2D eigenvalue weighted by Crippen LogP contribution is 2.31. The van der Waals surface area contributed by atoms with Crippen molar-refractivity contribution in [1.29, 1.82) is 0 Å². The molecule has 2 unspecified atom stereocenters. The number of nitrogens with two attached hydrogens (primary N) is 1. The zero-order valence-corrected chi connectivity index (χ0v) is 11.6. The largest absolute Gasteiger partial charge is 0.339 e. The Balaban J connectivity index is 1.72. The third kappa shape index (κ3) is 3.26. The molecular formula is C15H17F2N3O. The molecule has 1 aromatic carbocycles. The highest BCUT2D eigenvalue weighted by molar-refractivity contribution is 5.21. The van der Waals surface area contributed by atoms with Crippen LogP contribution < -0.4 is 5.73 Å². The molecule has 2 atom stereocenters. The molecule has 2 aromatic rings. The summed E-state index contributed by atoms with van der Waals surface area (Å²) in [5, 5.41) is 3.89. The summed E-state index contributed by atoms with van der Waals surface area (Å²) in [6.45, 7) is 0. The van der Waals surface area contributed by atoms with Gasteiger partial charge in [-0.25, -0.2) is 8.78 Å². The first kappa shape index (κ1) is 14.1. The van der Waals surface area contributed by atoms with Crippen LogP contribution in [0.2, 0.25) is 0 Å². The lowest BCUT2D eigenvalue weighted by molar-refractivity contribution is 0.297. The van der Waals surface area contributed by atoms with Gasteiger partial charge < -0.3 is 10.3 Å². The predicted octanol–water partition coefficient (Wildman–Crippen LogP) is 2.92. The van der Waals surface area contributed by atoms with Crippen LogP contribution in [-0.4, -0.2) is 16.2 Å². The SMILES string of the molecule is NC1CCCC(c2nc(Cc3ccc(F)cc3F)no2)C1. The van der Waals surface area contributed by atoms with Gasteiger partial charge in [-0.1, -0.05) is 17.6 Å². The van der Waals surface area contributed by atoms with Crippen molar-refractivity contribution < 1.29 is 13.3 Å². The highest BCUT2D eigenvalue weighted by Gasteiger charge is 2.25. The molecule has 0 aliphatic heterocycles. The molecule has 21 heavy (non-hydrogen) atoms. The number of rotatable bonds is 3. The van der Waals surface area contributed by atoms with Crippen molar-refractivity contribution >= 4 is 0 Å². The van der Waals surface area contributed by atoms with Crippen LogP contribution in [0.3, 0.4) is 0 Å². The fraction of sp³-hybridized carbons (Fsp3) is 0.467. The fourth-order valence-corrected chi connectivity index (χ4v) is 2.79. The summed E-state index contributed by atoms with van der Waals surface area (Å²) in [6.07, 6.45) is 4.09. The van der Waals surface area contributed by atoms with E-state index in [-0.39, 0.29) is 18.4 Å². The van der Waals surface area contributed by atoms with Crippen molar-refractivity contribution in [3.63, 3.8) is 0 Å². The van der Waals surface area contributed by atoms with E-state index in [1.165, 1.54) is 12.1 Å². The van der Waals surface area contributed by atoms with Gasteiger partial charge in [0.1, 0.15) is 11.6 Å². The van der Waals surface area contributed by atoms with Gasteiger partial charge in [-0.15, -0.1) is 0 Å². The molecule has 1 fully saturated rings. The molecule has 0 radical (unpaired) electrons. The Morgan fingerprint density at radius 3 is 2.90 bits per heavy atom. The molecule has 0 amide bonds. The molecular weight excluding hydrogens is 276 g/mol. The Morgan fingerprint density at radius 1 is 1.29 bits per heavy atom. The van der Waals surface area contributed by atoms with E-state index in [1.54, 1.807) is 0 Å². The Labute approximate surface area is 121 Å². The third-order valence-corrected chi connectivity index (χ3v) is 3.91. The number of hydrogen-bond donors (Lipinski definition) is 1. The minimum absolute atomic E-state index is 0.175. The molecule has 1 heterocycles. The molecule has 0 spiro atoms. The molecule has 1 saturated carbocycles. The van der Waals surface area contributed by atoms with Crippen molar-refractivity contribution in [3.05, 3.63) is 47.1 Å². The molecule has 0 saturated heterocycles. The molecule has 2 N–H and O–H groups in total. The van der Waals surface area contributed by atoms with E-state index in [2.05, 4.69) is 10.1 Å². The summed E-state index contributed by atoms with van der Waals surface area (Å²) in [5.74, 6) is -0.0207. The van der Waals surface area contributed by atoms with Gasteiger partial charge in [0.05, 0.1) is 0 Å². The number of hydrogen-bond acceptors (Lipinski definition) is 4. The maximum absolute atomic E-state index is 13.6. The number of nitrogens with zero attached hydrogens (tertiary/aromatic N) is 2. The van der Waals surface area contributed by atoms with Crippen LogP contribution in [0.4, 0.5) is 8.78 Å². The number of benzene rings is 1. The minimum atomic E-state index is -0.596. The molecule has 3 rings (SSSR count). The van der Waals surface area contributed by atoms with Gasteiger partial charge in [0.25, 0.3) is 0 Å². The Kier molecular flexibility index (Phi) is 3.96. The van der Waals surface area contributed by atoms with Crippen molar-refractivity contribution in [1.82, 2.24) is 10.1 Å². The van der Waals surface area contributed by atoms with Crippen molar-refractivity contribution in [2.24, 2.45) is 5.73 Å². The van der Waals surface area contributed by atoms with E-state index in [0.717, 1.165) is 31.7 Å². The second-order valence-electron chi connectivity index (χ2n) is 5.58. The Bertz CT molecular complexity index is 629. The number of halogens is 2. The van der Waals surface area contributed by atoms with Gasteiger partial charge >= 0.3 is 0 Å². The first-order chi connectivity index (χ1) is 10.1. The molecule has 4 nitrogen and oxygen atoms in total. The fourth-order valence-electron chi connectivity index (χ4n) is 2.79. The van der Waals surface area contributed by atoms with Gasteiger partial charge in [0, 0.05) is 24.4 Å². The lowest BCUT2D eigenvalue weighted by atomic mass is 9.86. The topological polar surface area (TPSA) is 64.9 Å². The smallest absolute Gasteiger partial charge is 0.229 e. The van der Waals surface area contributed by atoms with Gasteiger partial charge in [0.15, 0.2) is 5.82 Å². The first-order valence-electron chi connectivity index (χ1n) is 7.14. The molecule has 1 aliphatic rings. The lowest BCUT2D eigenvalue weighted by Gasteiger charge is -2.23. The molecule has 0 bridgehead atoms. The van der Waals surface area contributed by atoms with E-state index in [9.17, 15) is 8.78 Å². The van der Waals surface area contributed by atoms with Crippen LogP contribution in [0.1, 0.15) is 48.9 Å². The van der Waals surface area contributed by atoms with Crippen LogP contribution >= 0.6 is 0 Å². The summed E-state index contributed by atoms with van der Waals surface area (Å²) in [6, 6.07) is 3.65. The Hall–Kier alpha value is -1.82. The molecule has 1 aliphatic carbocycles. The van der Waals surface area contributed by atoms with E-state index < -0.39 is 11.6 Å². The second kappa shape index (κ2) is 5.89. The average Bonchev–Trinajstić information content (AvgIpc) is 2.91. The maximum atomic E-state index is 13.6. The summed E-state index contributed by atoms with van der Waals surface area (Å²) < 4.78 is 31.7. The second-order valence-corrected chi connectivity index (χ2v) is 5.58. The third-order valence-electron chi connectivity index (χ3n) is 3.91. The maximum Gasteiger partial charge on any atom is 0.229 e.